The third kappa shape index (κ3) is 5.35. The lowest BCUT2D eigenvalue weighted by Crippen LogP contribution is -2.32. The maximum absolute atomic E-state index is 12.1. The van der Waals surface area contributed by atoms with Crippen LogP contribution in [0.25, 0.3) is 0 Å². The van der Waals surface area contributed by atoms with Gasteiger partial charge in [-0.1, -0.05) is 37.4 Å². The van der Waals surface area contributed by atoms with E-state index in [1.807, 2.05) is 13.8 Å². The van der Waals surface area contributed by atoms with Crippen LogP contribution in [-0.2, 0) is 10.5 Å². The molecule has 0 spiro atoms. The summed E-state index contributed by atoms with van der Waals surface area (Å²) in [5.74, 6) is 7.58. The summed E-state index contributed by atoms with van der Waals surface area (Å²) in [4.78, 5) is 18.4. The number of aromatic nitrogens is 4. The van der Waals surface area contributed by atoms with E-state index in [9.17, 15) is 4.79 Å². The number of nitrogens with zero attached hydrogens (tertiary/aromatic N) is 5. The van der Waals surface area contributed by atoms with E-state index in [0.29, 0.717) is 40.8 Å². The van der Waals surface area contributed by atoms with Crippen molar-refractivity contribution in [3.63, 3.8) is 0 Å². The molecule has 1 amide bonds. The minimum Gasteiger partial charge on any atom is -0.343 e. The Labute approximate surface area is 160 Å². The van der Waals surface area contributed by atoms with Gasteiger partial charge in [0.1, 0.15) is 0 Å². The Kier molecular flexibility index (Phi) is 7.57. The summed E-state index contributed by atoms with van der Waals surface area (Å²) in [7, 11) is 0. The molecule has 0 aliphatic heterocycles. The lowest BCUT2D eigenvalue weighted by molar-refractivity contribution is -0.127. The van der Waals surface area contributed by atoms with Crippen LogP contribution >= 0.6 is 34.9 Å². The van der Waals surface area contributed by atoms with Crippen LogP contribution in [0.3, 0.4) is 0 Å². The third-order valence-electron chi connectivity index (χ3n) is 3.49. The maximum Gasteiger partial charge on any atom is 0.233 e. The summed E-state index contributed by atoms with van der Waals surface area (Å²) in [6, 6.07) is 0. The van der Waals surface area contributed by atoms with Crippen LogP contribution < -0.4 is 5.84 Å². The van der Waals surface area contributed by atoms with Gasteiger partial charge in [0.2, 0.25) is 16.2 Å². The van der Waals surface area contributed by atoms with Gasteiger partial charge in [-0.2, -0.15) is 0 Å². The summed E-state index contributed by atoms with van der Waals surface area (Å²) in [6.07, 6.45) is 0. The van der Waals surface area contributed by atoms with Crippen molar-refractivity contribution in [3.05, 3.63) is 16.1 Å². The predicted molar refractivity (Wildman–Crippen MR) is 105 cm³/mol. The molecule has 0 fully saturated rings. The maximum atomic E-state index is 12.1. The molecule has 2 aromatic heterocycles. The zero-order valence-corrected chi connectivity index (χ0v) is 17.4. The first-order chi connectivity index (χ1) is 12.0. The van der Waals surface area contributed by atoms with Crippen LogP contribution in [0, 0.1) is 0 Å². The lowest BCUT2D eigenvalue weighted by atomic mass is 10.2. The van der Waals surface area contributed by atoms with E-state index in [0.717, 1.165) is 10.7 Å². The Morgan fingerprint density at radius 3 is 2.48 bits per heavy atom. The normalized spacial score (nSPS) is 11.2. The van der Waals surface area contributed by atoms with Crippen molar-refractivity contribution in [2.75, 3.05) is 24.7 Å². The molecule has 138 valence electrons. The number of carbonyl (C=O) groups excluding carboxylic acids is 1. The molecule has 2 heterocycles. The van der Waals surface area contributed by atoms with Gasteiger partial charge in [0, 0.05) is 30.1 Å². The molecule has 0 saturated carbocycles. The molecule has 2 aromatic rings. The molecule has 0 aromatic carbocycles. The van der Waals surface area contributed by atoms with Gasteiger partial charge in [-0.15, -0.1) is 21.5 Å². The quantitative estimate of drug-likeness (QED) is 0.511. The van der Waals surface area contributed by atoms with Gasteiger partial charge in [0.25, 0.3) is 0 Å². The molecule has 0 aliphatic rings. The second-order valence-electron chi connectivity index (χ2n) is 5.61. The summed E-state index contributed by atoms with van der Waals surface area (Å²) in [5.41, 5.74) is 1.02. The van der Waals surface area contributed by atoms with Gasteiger partial charge in [0.05, 0.1) is 16.5 Å². The average Bonchev–Trinajstić information content (AvgIpc) is 3.19. The number of thiazole rings is 1. The summed E-state index contributed by atoms with van der Waals surface area (Å²) in [5, 5.41) is 12.6. The molecule has 0 radical (unpaired) electrons. The Hall–Kier alpha value is -1.26. The van der Waals surface area contributed by atoms with Crippen LogP contribution in [0.1, 0.15) is 44.3 Å². The van der Waals surface area contributed by atoms with Crippen molar-refractivity contribution in [2.45, 2.75) is 49.7 Å². The Morgan fingerprint density at radius 2 is 1.92 bits per heavy atom. The number of thioether (sulfide) groups is 2. The summed E-state index contributed by atoms with van der Waals surface area (Å²) >= 11 is 4.48. The molecule has 0 atom stereocenters. The summed E-state index contributed by atoms with van der Waals surface area (Å²) < 4.78 is 1.45. The van der Waals surface area contributed by atoms with E-state index in [2.05, 4.69) is 34.4 Å². The fourth-order valence-electron chi connectivity index (χ4n) is 2.05. The Balaban J connectivity index is 1.90. The molecule has 25 heavy (non-hydrogen) atoms. The molecule has 7 nitrogen and oxygen atoms in total. The van der Waals surface area contributed by atoms with Crippen molar-refractivity contribution < 1.29 is 4.79 Å². The van der Waals surface area contributed by atoms with E-state index in [4.69, 9.17) is 5.84 Å². The van der Waals surface area contributed by atoms with Gasteiger partial charge in [0.15, 0.2) is 0 Å². The van der Waals surface area contributed by atoms with E-state index in [1.165, 1.54) is 28.2 Å². The second-order valence-corrected chi connectivity index (χ2v) is 8.38. The topological polar surface area (TPSA) is 89.9 Å². The van der Waals surface area contributed by atoms with Crippen molar-refractivity contribution in [3.8, 4) is 0 Å². The molecule has 0 unspecified atom stereocenters. The first-order valence-corrected chi connectivity index (χ1v) is 11.0. The van der Waals surface area contributed by atoms with Crippen molar-refractivity contribution in [1.29, 1.82) is 0 Å². The first-order valence-electron chi connectivity index (χ1n) is 8.14. The zero-order chi connectivity index (χ0) is 18.4. The third-order valence-corrected chi connectivity index (χ3v) is 6.59. The van der Waals surface area contributed by atoms with Crippen molar-refractivity contribution in [1.82, 2.24) is 24.8 Å². The van der Waals surface area contributed by atoms with Gasteiger partial charge in [-0.3, -0.25) is 4.79 Å². The van der Waals surface area contributed by atoms with E-state index in [-0.39, 0.29) is 5.91 Å². The Bertz CT molecular complexity index is 695. The highest BCUT2D eigenvalue weighted by molar-refractivity contribution is 8.00. The predicted octanol–water partition coefficient (Wildman–Crippen LogP) is 2.82. The Morgan fingerprint density at radius 1 is 1.28 bits per heavy atom. The number of rotatable bonds is 9. The number of carbonyl (C=O) groups is 1. The highest BCUT2D eigenvalue weighted by Gasteiger charge is 2.16. The monoisotopic (exact) mass is 400 g/mol. The smallest absolute Gasteiger partial charge is 0.233 e. The van der Waals surface area contributed by atoms with E-state index >= 15 is 0 Å². The minimum atomic E-state index is 0.0795. The average molecular weight is 401 g/mol. The van der Waals surface area contributed by atoms with Crippen LogP contribution in [-0.4, -0.2) is 49.5 Å². The minimum absolute atomic E-state index is 0.0795. The first kappa shape index (κ1) is 20.1. The number of hydrogen-bond acceptors (Lipinski definition) is 8. The molecule has 0 saturated heterocycles. The highest BCUT2D eigenvalue weighted by atomic mass is 32.2. The van der Waals surface area contributed by atoms with Gasteiger partial charge >= 0.3 is 0 Å². The standard InChI is InChI=1S/C15H24N6OS3/c1-5-20(6-2)12(22)9-25-15-19-18-14(21(15)16)24-8-11-7-23-13(17-11)10(3)4/h7,10H,5-6,8-9,16H2,1-4H3. The fourth-order valence-corrected chi connectivity index (χ4v) is 4.55. The van der Waals surface area contributed by atoms with Gasteiger partial charge in [-0.25, -0.2) is 9.66 Å². The van der Waals surface area contributed by atoms with Crippen LogP contribution in [0.15, 0.2) is 15.7 Å². The van der Waals surface area contributed by atoms with Crippen LogP contribution in [0.5, 0.6) is 0 Å². The number of nitrogens with two attached hydrogens (primary N) is 1. The van der Waals surface area contributed by atoms with Crippen LogP contribution in [0.4, 0.5) is 0 Å². The van der Waals surface area contributed by atoms with E-state index < -0.39 is 0 Å². The molecule has 10 heteroatoms. The molecule has 0 bridgehead atoms. The highest BCUT2D eigenvalue weighted by Crippen LogP contribution is 2.26. The molecular formula is C15H24N6OS3. The van der Waals surface area contributed by atoms with Crippen molar-refractivity contribution >= 4 is 40.8 Å². The second kappa shape index (κ2) is 9.44. The van der Waals surface area contributed by atoms with E-state index in [1.54, 1.807) is 16.2 Å². The zero-order valence-electron chi connectivity index (χ0n) is 14.9. The summed E-state index contributed by atoms with van der Waals surface area (Å²) in [6.45, 7) is 9.62. The van der Waals surface area contributed by atoms with Gasteiger partial charge in [-0.05, 0) is 13.8 Å². The van der Waals surface area contributed by atoms with Crippen molar-refractivity contribution in [2.24, 2.45) is 0 Å². The van der Waals surface area contributed by atoms with Gasteiger partial charge < -0.3 is 10.7 Å². The lowest BCUT2D eigenvalue weighted by Gasteiger charge is -2.17. The fraction of sp³-hybridized carbons (Fsp3) is 0.600. The molecule has 2 N–H and O–H groups in total. The molecule has 2 rings (SSSR count). The number of nitrogen functional groups attached to an aromatic ring is 1. The molecular weight excluding hydrogens is 376 g/mol. The number of amides is 1. The molecule has 0 aliphatic carbocycles. The van der Waals surface area contributed by atoms with Crippen LogP contribution in [0.2, 0.25) is 0 Å². The largest absolute Gasteiger partial charge is 0.343 e. The SMILES string of the molecule is CCN(CC)C(=O)CSc1nnc(SCc2csc(C(C)C)n2)n1N. The number of hydrogen-bond donors (Lipinski definition) is 1.